The van der Waals surface area contributed by atoms with Crippen molar-refractivity contribution in [3.63, 3.8) is 0 Å². The number of nitrogens with zero attached hydrogens (tertiary/aromatic N) is 1. The third-order valence-corrected chi connectivity index (χ3v) is 8.57. The van der Waals surface area contributed by atoms with Gasteiger partial charge in [0.15, 0.2) is 0 Å². The Kier molecular flexibility index (Phi) is 5.40. The molecule has 2 aromatic rings. The lowest BCUT2D eigenvalue weighted by atomic mass is 9.55. The molecular weight excluding hydrogens is 420 g/mol. The number of phenols is 1. The van der Waals surface area contributed by atoms with E-state index in [1.54, 1.807) is 18.2 Å². The summed E-state index contributed by atoms with van der Waals surface area (Å²) in [6, 6.07) is 9.77. The van der Waals surface area contributed by atoms with Gasteiger partial charge in [-0.15, -0.1) is 0 Å². The van der Waals surface area contributed by atoms with Gasteiger partial charge < -0.3 is 14.9 Å². The maximum atomic E-state index is 10.8. The number of ether oxygens (including phenoxy) is 1. The van der Waals surface area contributed by atoms with Crippen LogP contribution in [0.2, 0.25) is 0 Å². The fourth-order valence-corrected chi connectivity index (χ4v) is 6.71. The van der Waals surface area contributed by atoms with Crippen molar-refractivity contribution in [2.24, 2.45) is 17.3 Å². The zero-order chi connectivity index (χ0) is 23.3. The van der Waals surface area contributed by atoms with Gasteiger partial charge in [-0.25, -0.2) is 0 Å². The van der Waals surface area contributed by atoms with E-state index in [0.717, 1.165) is 44.1 Å². The Morgan fingerprint density at radius 2 is 1.97 bits per heavy atom. The second kappa shape index (κ2) is 8.13. The van der Waals surface area contributed by atoms with Crippen LogP contribution in [0.4, 0.5) is 5.69 Å². The predicted molar refractivity (Wildman–Crippen MR) is 123 cm³/mol. The molecule has 2 aromatic carbocycles. The Labute approximate surface area is 193 Å². The summed E-state index contributed by atoms with van der Waals surface area (Å²) in [6.45, 7) is 2.35. The van der Waals surface area contributed by atoms with Gasteiger partial charge >= 0.3 is 0 Å². The number of non-ortho nitro benzene ring substituents is 1. The Bertz CT molecular complexity index is 1100. The first-order chi connectivity index (χ1) is 15.8. The molecule has 2 saturated carbocycles. The highest BCUT2D eigenvalue weighted by Gasteiger charge is 2.54. The van der Waals surface area contributed by atoms with Crippen LogP contribution in [-0.4, -0.2) is 27.1 Å². The molecule has 3 N–H and O–H groups in total. The van der Waals surface area contributed by atoms with E-state index in [9.17, 15) is 20.3 Å². The first-order valence-corrected chi connectivity index (χ1v) is 11.8. The summed E-state index contributed by atoms with van der Waals surface area (Å²) in [5.41, 5.74) is 3.49. The highest BCUT2D eigenvalue weighted by atomic mass is 16.6. The summed E-state index contributed by atoms with van der Waals surface area (Å²) in [7, 11) is 0. The van der Waals surface area contributed by atoms with Crippen LogP contribution >= 0.6 is 0 Å². The van der Waals surface area contributed by atoms with E-state index in [-0.39, 0.29) is 35.5 Å². The number of rotatable bonds is 4. The predicted octanol–water partition coefficient (Wildman–Crippen LogP) is 5.06. The van der Waals surface area contributed by atoms with Gasteiger partial charge in [0, 0.05) is 12.1 Å². The molecule has 0 radical (unpaired) electrons. The van der Waals surface area contributed by atoms with Gasteiger partial charge in [-0.05, 0) is 103 Å². The highest BCUT2D eigenvalue weighted by Crippen LogP contribution is 2.61. The number of aliphatic hydroxyl groups is 1. The molecule has 174 valence electrons. The molecule has 0 spiro atoms. The molecule has 0 unspecified atom stereocenters. The number of fused-ring (bicyclic) bond motifs is 5. The summed E-state index contributed by atoms with van der Waals surface area (Å²) in [5, 5.41) is 40.5. The maximum Gasteiger partial charge on any atom is 0.269 e. The quantitative estimate of drug-likeness (QED) is 0.261. The van der Waals surface area contributed by atoms with Crippen LogP contribution in [0.15, 0.2) is 36.4 Å². The van der Waals surface area contributed by atoms with Crippen LogP contribution in [0.5, 0.6) is 5.75 Å². The summed E-state index contributed by atoms with van der Waals surface area (Å²) in [5.74, 6) is 1.39. The van der Waals surface area contributed by atoms with Crippen LogP contribution in [0.1, 0.15) is 67.2 Å². The number of phenolic OH excluding ortho intramolecular Hbond substituents is 1. The lowest BCUT2D eigenvalue weighted by Crippen LogP contribution is -2.44. The molecule has 0 amide bonds. The van der Waals surface area contributed by atoms with E-state index in [0.29, 0.717) is 28.9 Å². The Balaban J connectivity index is 1.35. The molecule has 0 bridgehead atoms. The normalized spacial score (nSPS) is 30.1. The second-order valence-electron chi connectivity index (χ2n) is 10.2. The monoisotopic (exact) mass is 450 g/mol. The van der Waals surface area contributed by atoms with E-state index in [4.69, 9.17) is 10.1 Å². The van der Waals surface area contributed by atoms with E-state index < -0.39 is 4.92 Å². The molecule has 3 aliphatic carbocycles. The molecule has 33 heavy (non-hydrogen) atoms. The number of aryl methyl sites for hydroxylation is 1. The Hall–Kier alpha value is -2.93. The third-order valence-electron chi connectivity index (χ3n) is 8.57. The van der Waals surface area contributed by atoms with Gasteiger partial charge in [-0.1, -0.05) is 6.92 Å². The SMILES string of the molecule is C[C@]12CC[C@@H]3c4cc(C(=N)OCc5ccc([N+](=O)[O-])cc5)c(O)cc4CC[C@H]3[C@@H]1CC[C@H]2O. The number of nitro groups is 1. The molecule has 7 nitrogen and oxygen atoms in total. The molecule has 3 aliphatic rings. The van der Waals surface area contributed by atoms with Crippen molar-refractivity contribution in [3.8, 4) is 5.75 Å². The first-order valence-electron chi connectivity index (χ1n) is 11.8. The van der Waals surface area contributed by atoms with Crippen LogP contribution in [0, 0.1) is 32.8 Å². The molecule has 0 saturated heterocycles. The van der Waals surface area contributed by atoms with Crippen molar-refractivity contribution >= 4 is 11.6 Å². The molecule has 0 aromatic heterocycles. The van der Waals surface area contributed by atoms with Gasteiger partial charge in [0.1, 0.15) is 12.4 Å². The van der Waals surface area contributed by atoms with Crippen LogP contribution in [0.3, 0.4) is 0 Å². The van der Waals surface area contributed by atoms with Gasteiger partial charge in [0.05, 0.1) is 16.6 Å². The molecule has 0 aliphatic heterocycles. The van der Waals surface area contributed by atoms with E-state index in [1.165, 1.54) is 17.7 Å². The van der Waals surface area contributed by atoms with Crippen LogP contribution in [0.25, 0.3) is 0 Å². The largest absolute Gasteiger partial charge is 0.507 e. The number of aromatic hydroxyl groups is 1. The minimum atomic E-state index is -0.453. The average molecular weight is 451 g/mol. The van der Waals surface area contributed by atoms with Crippen molar-refractivity contribution in [2.45, 2.75) is 64.1 Å². The number of hydrogen-bond acceptors (Lipinski definition) is 6. The van der Waals surface area contributed by atoms with E-state index in [1.807, 2.05) is 6.07 Å². The van der Waals surface area contributed by atoms with Gasteiger partial charge in [0.25, 0.3) is 5.69 Å². The van der Waals surface area contributed by atoms with Crippen molar-refractivity contribution in [1.29, 1.82) is 5.41 Å². The zero-order valence-electron chi connectivity index (χ0n) is 18.8. The zero-order valence-corrected chi connectivity index (χ0v) is 18.8. The summed E-state index contributed by atoms with van der Waals surface area (Å²) >= 11 is 0. The first kappa shape index (κ1) is 21.9. The number of nitrogens with one attached hydrogen (secondary N) is 1. The lowest BCUT2D eigenvalue weighted by Gasteiger charge is -2.50. The minimum Gasteiger partial charge on any atom is -0.507 e. The molecule has 7 heteroatoms. The molecule has 2 fully saturated rings. The molecule has 5 rings (SSSR count). The fourth-order valence-electron chi connectivity index (χ4n) is 6.71. The topological polar surface area (TPSA) is 117 Å². The van der Waals surface area contributed by atoms with E-state index >= 15 is 0 Å². The molecular formula is C26H30N2O5. The highest BCUT2D eigenvalue weighted by molar-refractivity contribution is 5.94. The Morgan fingerprint density at radius 3 is 2.70 bits per heavy atom. The summed E-state index contributed by atoms with van der Waals surface area (Å²) < 4.78 is 5.64. The van der Waals surface area contributed by atoms with Crippen molar-refractivity contribution in [1.82, 2.24) is 0 Å². The van der Waals surface area contributed by atoms with Crippen LogP contribution in [-0.2, 0) is 17.8 Å². The average Bonchev–Trinajstić information content (AvgIpc) is 3.11. The third kappa shape index (κ3) is 3.68. The minimum absolute atomic E-state index is 0.00840. The second-order valence-corrected chi connectivity index (χ2v) is 10.2. The van der Waals surface area contributed by atoms with Crippen LogP contribution < -0.4 is 0 Å². The van der Waals surface area contributed by atoms with E-state index in [2.05, 4.69) is 6.92 Å². The fraction of sp³-hybridized carbons (Fsp3) is 0.500. The van der Waals surface area contributed by atoms with Crippen molar-refractivity contribution in [3.05, 3.63) is 68.8 Å². The molecule has 5 atom stereocenters. The number of hydrogen-bond donors (Lipinski definition) is 3. The van der Waals surface area contributed by atoms with Gasteiger partial charge in [-0.3, -0.25) is 15.5 Å². The van der Waals surface area contributed by atoms with Crippen molar-refractivity contribution in [2.75, 3.05) is 0 Å². The number of benzene rings is 2. The number of nitro benzene ring substituents is 1. The summed E-state index contributed by atoms with van der Waals surface area (Å²) in [6.07, 6.45) is 5.77. The van der Waals surface area contributed by atoms with Gasteiger partial charge in [0.2, 0.25) is 5.90 Å². The Morgan fingerprint density at radius 1 is 1.21 bits per heavy atom. The van der Waals surface area contributed by atoms with Gasteiger partial charge in [-0.2, -0.15) is 0 Å². The number of aliphatic hydroxyl groups excluding tert-OH is 1. The van der Waals surface area contributed by atoms with Crippen molar-refractivity contribution < 1.29 is 19.9 Å². The maximum absolute atomic E-state index is 10.8. The lowest BCUT2D eigenvalue weighted by molar-refractivity contribution is -0.384. The smallest absolute Gasteiger partial charge is 0.269 e. The standard InChI is InChI=1S/C26H30N2O5/c1-26-11-10-18-19(22(26)8-9-24(26)30)7-4-16-12-23(29)21(13-20(16)18)25(27)33-14-15-2-5-17(6-3-15)28(31)32/h2-3,5-6,12-13,18-19,22,24,27,29-30H,4,7-11,14H2,1H3/t18-,19+,22-,24+,26-/m0/s1. The summed E-state index contributed by atoms with van der Waals surface area (Å²) in [4.78, 5) is 10.4. The molecule has 0 heterocycles.